The normalized spacial score (nSPS) is 15.3. The molecule has 2 heterocycles. The number of fused-ring (bicyclic) bond motifs is 1. The number of nitrogens with two attached hydrogens (primary N) is 1. The van der Waals surface area contributed by atoms with Gasteiger partial charge in [-0.3, -0.25) is 4.90 Å². The van der Waals surface area contributed by atoms with Crippen molar-refractivity contribution in [2.24, 2.45) is 5.14 Å². The first-order valence-corrected chi connectivity index (χ1v) is 10.4. The van der Waals surface area contributed by atoms with Gasteiger partial charge < -0.3 is 5.32 Å². The lowest BCUT2D eigenvalue weighted by Gasteiger charge is -2.16. The van der Waals surface area contributed by atoms with E-state index in [0.717, 1.165) is 30.5 Å². The van der Waals surface area contributed by atoms with E-state index in [1.54, 1.807) is 18.3 Å². The maximum atomic E-state index is 11.4. The Morgan fingerprint density at radius 3 is 2.52 bits per heavy atom. The molecule has 4 rings (SSSR count). The molecule has 3 N–H and O–H groups in total. The molecule has 8 heteroatoms. The third-order valence-corrected chi connectivity index (χ3v) is 5.66. The molecule has 1 fully saturated rings. The van der Waals surface area contributed by atoms with Gasteiger partial charge >= 0.3 is 0 Å². The van der Waals surface area contributed by atoms with E-state index in [1.807, 2.05) is 12.1 Å². The molecule has 140 valence electrons. The van der Waals surface area contributed by atoms with Crippen molar-refractivity contribution in [1.82, 2.24) is 14.9 Å². The summed E-state index contributed by atoms with van der Waals surface area (Å²) in [6.07, 6.45) is 4.30. The minimum atomic E-state index is -3.70. The molecule has 0 unspecified atom stereocenters. The van der Waals surface area contributed by atoms with Gasteiger partial charge in [0.2, 0.25) is 16.0 Å². The van der Waals surface area contributed by atoms with Crippen LogP contribution in [0.2, 0.25) is 0 Å². The van der Waals surface area contributed by atoms with Gasteiger partial charge in [0.15, 0.2) is 0 Å². The Morgan fingerprint density at radius 2 is 1.81 bits per heavy atom. The summed E-state index contributed by atoms with van der Waals surface area (Å²) in [7, 11) is -3.70. The van der Waals surface area contributed by atoms with E-state index < -0.39 is 10.0 Å². The monoisotopic (exact) mass is 383 g/mol. The lowest BCUT2D eigenvalue weighted by Crippen LogP contribution is -2.18. The summed E-state index contributed by atoms with van der Waals surface area (Å²) in [6.45, 7) is 3.14. The van der Waals surface area contributed by atoms with Crippen LogP contribution in [0.25, 0.3) is 10.9 Å². The van der Waals surface area contributed by atoms with Crippen molar-refractivity contribution < 1.29 is 8.42 Å². The molecule has 0 atom stereocenters. The zero-order valence-corrected chi connectivity index (χ0v) is 15.6. The van der Waals surface area contributed by atoms with Crippen molar-refractivity contribution in [3.63, 3.8) is 0 Å². The van der Waals surface area contributed by atoms with Gasteiger partial charge in [-0.25, -0.2) is 23.5 Å². The number of rotatable bonds is 5. The largest absolute Gasteiger partial charge is 0.324 e. The van der Waals surface area contributed by atoms with Crippen molar-refractivity contribution in [2.75, 3.05) is 18.4 Å². The van der Waals surface area contributed by atoms with Gasteiger partial charge in [0.05, 0.1) is 10.4 Å². The van der Waals surface area contributed by atoms with Gasteiger partial charge in [0, 0.05) is 23.8 Å². The van der Waals surface area contributed by atoms with Crippen LogP contribution in [0.5, 0.6) is 0 Å². The molecule has 0 amide bonds. The molecule has 1 aliphatic heterocycles. The fourth-order valence-electron chi connectivity index (χ4n) is 3.34. The van der Waals surface area contributed by atoms with E-state index in [0.29, 0.717) is 11.6 Å². The Balaban J connectivity index is 1.60. The van der Waals surface area contributed by atoms with Crippen molar-refractivity contribution in [3.05, 3.63) is 54.2 Å². The standard InChI is InChI=1S/C19H21N5O2S/c20-27(25,26)17-8-6-16(7-9-17)22-19-21-12-14-4-3-5-15(18(14)23-19)13-24-10-1-2-11-24/h3-9,12H,1-2,10-11,13H2,(H2,20,25,26)(H,21,22,23). The van der Waals surface area contributed by atoms with Crippen LogP contribution in [0.3, 0.4) is 0 Å². The Morgan fingerprint density at radius 1 is 1.07 bits per heavy atom. The predicted molar refractivity (Wildman–Crippen MR) is 105 cm³/mol. The molecule has 0 bridgehead atoms. The van der Waals surface area contributed by atoms with Crippen molar-refractivity contribution >= 4 is 32.6 Å². The third-order valence-electron chi connectivity index (χ3n) is 4.73. The average Bonchev–Trinajstić information content (AvgIpc) is 3.15. The number of anilines is 2. The third kappa shape index (κ3) is 4.08. The first kappa shape index (κ1) is 17.8. The quantitative estimate of drug-likeness (QED) is 0.702. The minimum absolute atomic E-state index is 0.0698. The fraction of sp³-hybridized carbons (Fsp3) is 0.263. The highest BCUT2D eigenvalue weighted by atomic mass is 32.2. The summed E-state index contributed by atoms with van der Waals surface area (Å²) in [5.41, 5.74) is 2.81. The van der Waals surface area contributed by atoms with Crippen molar-refractivity contribution in [3.8, 4) is 0 Å². The van der Waals surface area contributed by atoms with Gasteiger partial charge in [0.25, 0.3) is 0 Å². The van der Waals surface area contributed by atoms with Gasteiger partial charge in [-0.05, 0) is 55.8 Å². The maximum Gasteiger partial charge on any atom is 0.238 e. The Bertz CT molecular complexity index is 1060. The van der Waals surface area contributed by atoms with Crippen molar-refractivity contribution in [1.29, 1.82) is 0 Å². The minimum Gasteiger partial charge on any atom is -0.324 e. The van der Waals surface area contributed by atoms with Crippen molar-refractivity contribution in [2.45, 2.75) is 24.3 Å². The van der Waals surface area contributed by atoms with E-state index >= 15 is 0 Å². The smallest absolute Gasteiger partial charge is 0.238 e. The first-order valence-electron chi connectivity index (χ1n) is 8.86. The number of likely N-dealkylation sites (tertiary alicyclic amines) is 1. The van der Waals surface area contributed by atoms with Gasteiger partial charge in [-0.2, -0.15) is 0 Å². The van der Waals surface area contributed by atoms with Gasteiger partial charge in [0.1, 0.15) is 0 Å². The molecular formula is C19H21N5O2S. The second kappa shape index (κ2) is 7.22. The molecular weight excluding hydrogens is 362 g/mol. The lowest BCUT2D eigenvalue weighted by atomic mass is 10.1. The second-order valence-corrected chi connectivity index (χ2v) is 8.29. The molecule has 7 nitrogen and oxygen atoms in total. The molecule has 1 aliphatic rings. The molecule has 0 aliphatic carbocycles. The summed E-state index contributed by atoms with van der Waals surface area (Å²) < 4.78 is 22.7. The van der Waals surface area contributed by atoms with Crippen LogP contribution >= 0.6 is 0 Å². The molecule has 0 radical (unpaired) electrons. The average molecular weight is 383 g/mol. The lowest BCUT2D eigenvalue weighted by molar-refractivity contribution is 0.332. The van der Waals surface area contributed by atoms with E-state index in [4.69, 9.17) is 10.1 Å². The van der Waals surface area contributed by atoms with Crippen LogP contribution in [0.4, 0.5) is 11.6 Å². The molecule has 27 heavy (non-hydrogen) atoms. The Hall–Kier alpha value is -2.55. The summed E-state index contributed by atoms with van der Waals surface area (Å²) in [5.74, 6) is 0.472. The highest BCUT2D eigenvalue weighted by Crippen LogP contribution is 2.22. The number of benzene rings is 2. The summed E-state index contributed by atoms with van der Waals surface area (Å²) >= 11 is 0. The zero-order chi connectivity index (χ0) is 18.9. The molecule has 0 saturated carbocycles. The number of hydrogen-bond donors (Lipinski definition) is 2. The first-order chi connectivity index (χ1) is 13.0. The highest BCUT2D eigenvalue weighted by Gasteiger charge is 2.14. The van der Waals surface area contributed by atoms with Gasteiger partial charge in [-0.15, -0.1) is 0 Å². The Kier molecular flexibility index (Phi) is 4.77. The zero-order valence-electron chi connectivity index (χ0n) is 14.8. The second-order valence-electron chi connectivity index (χ2n) is 6.73. The van der Waals surface area contributed by atoms with Crippen LogP contribution < -0.4 is 10.5 Å². The number of para-hydroxylation sites is 1. The predicted octanol–water partition coefficient (Wildman–Crippen LogP) is 2.62. The summed E-state index contributed by atoms with van der Waals surface area (Å²) in [6, 6.07) is 12.4. The molecule has 1 aromatic heterocycles. The van der Waals surface area contributed by atoms with E-state index in [9.17, 15) is 8.42 Å². The number of sulfonamides is 1. The maximum absolute atomic E-state index is 11.4. The van der Waals surface area contributed by atoms with Gasteiger partial charge in [-0.1, -0.05) is 18.2 Å². The van der Waals surface area contributed by atoms with E-state index in [-0.39, 0.29) is 4.90 Å². The SMILES string of the molecule is NS(=O)(=O)c1ccc(Nc2ncc3cccc(CN4CCCC4)c3n2)cc1. The van der Waals surface area contributed by atoms with Crippen LogP contribution in [0.15, 0.2) is 53.6 Å². The van der Waals surface area contributed by atoms with E-state index in [2.05, 4.69) is 21.3 Å². The number of nitrogens with one attached hydrogen (secondary N) is 1. The number of primary sulfonamides is 1. The fourth-order valence-corrected chi connectivity index (χ4v) is 3.86. The molecule has 2 aromatic carbocycles. The molecule has 0 spiro atoms. The Labute approximate surface area is 158 Å². The number of nitrogens with zero attached hydrogens (tertiary/aromatic N) is 3. The molecule has 1 saturated heterocycles. The number of aromatic nitrogens is 2. The molecule has 3 aromatic rings. The van der Waals surface area contributed by atoms with E-state index in [1.165, 1.54) is 30.5 Å². The summed E-state index contributed by atoms with van der Waals surface area (Å²) in [5, 5.41) is 9.25. The topological polar surface area (TPSA) is 101 Å². The summed E-state index contributed by atoms with van der Waals surface area (Å²) in [4.78, 5) is 11.6. The van der Waals surface area contributed by atoms with Crippen LogP contribution in [-0.4, -0.2) is 36.4 Å². The van der Waals surface area contributed by atoms with Crippen LogP contribution in [0.1, 0.15) is 18.4 Å². The number of hydrogen-bond acceptors (Lipinski definition) is 6. The van der Waals surface area contributed by atoms with Crippen LogP contribution in [0, 0.1) is 0 Å². The highest BCUT2D eigenvalue weighted by molar-refractivity contribution is 7.89. The van der Waals surface area contributed by atoms with Crippen LogP contribution in [-0.2, 0) is 16.6 Å².